The minimum Gasteiger partial charge on any atom is -0.394 e. The van der Waals surface area contributed by atoms with Crippen molar-refractivity contribution in [1.29, 1.82) is 0 Å². The average molecular weight is 278 g/mol. The highest BCUT2D eigenvalue weighted by Crippen LogP contribution is 2.25. The number of aliphatic hydroxyl groups is 1. The minimum absolute atomic E-state index is 0.133. The summed E-state index contributed by atoms with van der Waals surface area (Å²) in [6.07, 6.45) is 4.46. The summed E-state index contributed by atoms with van der Waals surface area (Å²) in [5.41, 5.74) is 0. The Morgan fingerprint density at radius 1 is 1.10 bits per heavy atom. The van der Waals surface area contributed by atoms with Crippen LogP contribution in [0.1, 0.15) is 25.7 Å². The van der Waals surface area contributed by atoms with Crippen LogP contribution in [0.5, 0.6) is 0 Å². The minimum atomic E-state index is 0.133. The molecular formula is C13H22N6O. The van der Waals surface area contributed by atoms with Crippen LogP contribution in [-0.2, 0) is 0 Å². The van der Waals surface area contributed by atoms with Crippen LogP contribution >= 0.6 is 0 Å². The monoisotopic (exact) mass is 278 g/mol. The van der Waals surface area contributed by atoms with Crippen LogP contribution in [0.4, 0.5) is 17.8 Å². The van der Waals surface area contributed by atoms with Crippen molar-refractivity contribution in [2.24, 2.45) is 0 Å². The van der Waals surface area contributed by atoms with Crippen LogP contribution in [0.3, 0.4) is 0 Å². The summed E-state index contributed by atoms with van der Waals surface area (Å²) < 4.78 is 0. The van der Waals surface area contributed by atoms with Gasteiger partial charge >= 0.3 is 0 Å². The first-order valence-corrected chi connectivity index (χ1v) is 7.38. The van der Waals surface area contributed by atoms with Crippen molar-refractivity contribution in [3.05, 3.63) is 0 Å². The van der Waals surface area contributed by atoms with Crippen molar-refractivity contribution in [1.82, 2.24) is 15.0 Å². The van der Waals surface area contributed by atoms with Crippen LogP contribution in [0.25, 0.3) is 0 Å². The molecule has 20 heavy (non-hydrogen) atoms. The third-order valence-electron chi connectivity index (χ3n) is 4.07. The van der Waals surface area contributed by atoms with Crippen LogP contribution in [0.15, 0.2) is 0 Å². The zero-order valence-electron chi connectivity index (χ0n) is 11.9. The molecule has 2 fully saturated rings. The predicted molar refractivity (Wildman–Crippen MR) is 78.3 cm³/mol. The van der Waals surface area contributed by atoms with Gasteiger partial charge in [-0.15, -0.1) is 0 Å². The highest BCUT2D eigenvalue weighted by molar-refractivity contribution is 5.46. The Morgan fingerprint density at radius 3 is 2.55 bits per heavy atom. The van der Waals surface area contributed by atoms with E-state index in [1.54, 1.807) is 0 Å². The Kier molecular flexibility index (Phi) is 3.86. The second-order valence-corrected chi connectivity index (χ2v) is 5.38. The van der Waals surface area contributed by atoms with E-state index in [1.165, 1.54) is 12.8 Å². The summed E-state index contributed by atoms with van der Waals surface area (Å²) in [6.45, 7) is 3.07. The fourth-order valence-corrected chi connectivity index (χ4v) is 2.94. The van der Waals surface area contributed by atoms with E-state index in [9.17, 15) is 5.11 Å². The average Bonchev–Trinajstić information content (AvgIpc) is 3.17. The Hall–Kier alpha value is -1.63. The van der Waals surface area contributed by atoms with Gasteiger partial charge in [0.25, 0.3) is 0 Å². The fourth-order valence-electron chi connectivity index (χ4n) is 2.94. The number of aromatic nitrogens is 3. The first-order chi connectivity index (χ1) is 9.81. The third-order valence-corrected chi connectivity index (χ3v) is 4.07. The van der Waals surface area contributed by atoms with Gasteiger partial charge in [0.2, 0.25) is 17.8 Å². The van der Waals surface area contributed by atoms with E-state index in [0.29, 0.717) is 11.9 Å². The normalized spacial score (nSPS) is 22.6. The smallest absolute Gasteiger partial charge is 0.232 e. The van der Waals surface area contributed by atoms with E-state index in [4.69, 9.17) is 0 Å². The van der Waals surface area contributed by atoms with E-state index >= 15 is 0 Å². The molecule has 2 N–H and O–H groups in total. The maximum atomic E-state index is 9.47. The van der Waals surface area contributed by atoms with Gasteiger partial charge in [-0.3, -0.25) is 0 Å². The van der Waals surface area contributed by atoms with Gasteiger partial charge in [0.1, 0.15) is 0 Å². The molecule has 1 unspecified atom stereocenters. The summed E-state index contributed by atoms with van der Waals surface area (Å²) in [5.74, 6) is 2.03. The molecule has 0 aliphatic carbocycles. The highest BCUT2D eigenvalue weighted by atomic mass is 16.3. The fraction of sp³-hybridized carbons (Fsp3) is 0.769. The summed E-state index contributed by atoms with van der Waals surface area (Å²) in [5, 5.41) is 12.5. The largest absolute Gasteiger partial charge is 0.394 e. The van der Waals surface area contributed by atoms with Gasteiger partial charge in [0.15, 0.2) is 0 Å². The van der Waals surface area contributed by atoms with Gasteiger partial charge in [0, 0.05) is 26.7 Å². The number of nitrogens with zero attached hydrogens (tertiary/aromatic N) is 5. The van der Waals surface area contributed by atoms with Crippen molar-refractivity contribution < 1.29 is 5.11 Å². The van der Waals surface area contributed by atoms with Gasteiger partial charge < -0.3 is 20.2 Å². The zero-order chi connectivity index (χ0) is 13.9. The Bertz CT molecular complexity index is 462. The molecule has 7 heteroatoms. The number of anilines is 3. The van der Waals surface area contributed by atoms with Crippen molar-refractivity contribution in [3.63, 3.8) is 0 Å². The lowest BCUT2D eigenvalue weighted by Crippen LogP contribution is -2.34. The highest BCUT2D eigenvalue weighted by Gasteiger charge is 2.27. The van der Waals surface area contributed by atoms with E-state index in [2.05, 4.69) is 30.1 Å². The number of nitrogens with one attached hydrogen (secondary N) is 1. The standard InChI is InChI=1S/C13H22N6O/c1-14-11-15-12(18-6-2-3-7-18)17-13(16-11)19-8-4-5-10(19)9-20/h10,20H,2-9H2,1H3,(H,14,15,16,17). The van der Waals surface area contributed by atoms with Crippen molar-refractivity contribution in [2.75, 3.05) is 48.4 Å². The lowest BCUT2D eigenvalue weighted by molar-refractivity contribution is 0.265. The van der Waals surface area contributed by atoms with Crippen LogP contribution < -0.4 is 15.1 Å². The predicted octanol–water partition coefficient (Wildman–Crippen LogP) is 0.475. The quantitative estimate of drug-likeness (QED) is 0.829. The molecule has 2 saturated heterocycles. The van der Waals surface area contributed by atoms with E-state index in [1.807, 2.05) is 7.05 Å². The van der Waals surface area contributed by atoms with Crippen molar-refractivity contribution in [2.45, 2.75) is 31.7 Å². The first kappa shape index (κ1) is 13.4. The molecule has 0 radical (unpaired) electrons. The maximum absolute atomic E-state index is 9.47. The summed E-state index contributed by atoms with van der Waals surface area (Å²) in [7, 11) is 1.82. The molecule has 1 aromatic heterocycles. The Morgan fingerprint density at radius 2 is 1.85 bits per heavy atom. The summed E-state index contributed by atoms with van der Waals surface area (Å²) in [4.78, 5) is 17.8. The lowest BCUT2D eigenvalue weighted by atomic mass is 10.2. The molecule has 0 amide bonds. The number of hydrogen-bond donors (Lipinski definition) is 2. The van der Waals surface area contributed by atoms with Gasteiger partial charge in [-0.2, -0.15) is 15.0 Å². The number of hydrogen-bond acceptors (Lipinski definition) is 7. The van der Waals surface area contributed by atoms with Crippen LogP contribution in [0.2, 0.25) is 0 Å². The summed E-state index contributed by atoms with van der Waals surface area (Å²) in [6, 6.07) is 0.133. The molecular weight excluding hydrogens is 256 g/mol. The molecule has 1 aromatic rings. The SMILES string of the molecule is CNc1nc(N2CCCC2)nc(N2CCCC2CO)n1. The Labute approximate surface area is 119 Å². The lowest BCUT2D eigenvalue weighted by Gasteiger charge is -2.24. The molecule has 0 spiro atoms. The number of aliphatic hydroxyl groups excluding tert-OH is 1. The molecule has 3 rings (SSSR count). The van der Waals surface area contributed by atoms with E-state index < -0.39 is 0 Å². The van der Waals surface area contributed by atoms with Gasteiger partial charge in [-0.1, -0.05) is 0 Å². The molecule has 2 aliphatic heterocycles. The molecule has 1 atom stereocenters. The second-order valence-electron chi connectivity index (χ2n) is 5.38. The van der Waals surface area contributed by atoms with Crippen molar-refractivity contribution >= 4 is 17.8 Å². The van der Waals surface area contributed by atoms with Crippen LogP contribution in [-0.4, -0.2) is 59.4 Å². The molecule has 110 valence electrons. The van der Waals surface area contributed by atoms with Gasteiger partial charge in [-0.25, -0.2) is 0 Å². The van der Waals surface area contributed by atoms with E-state index in [-0.39, 0.29) is 12.6 Å². The third kappa shape index (κ3) is 2.49. The summed E-state index contributed by atoms with van der Waals surface area (Å²) >= 11 is 0. The molecule has 2 aliphatic rings. The van der Waals surface area contributed by atoms with E-state index in [0.717, 1.165) is 38.4 Å². The van der Waals surface area contributed by atoms with Gasteiger partial charge in [0.05, 0.1) is 12.6 Å². The molecule has 7 nitrogen and oxygen atoms in total. The Balaban J connectivity index is 1.91. The molecule has 3 heterocycles. The molecule has 0 saturated carbocycles. The zero-order valence-corrected chi connectivity index (χ0v) is 11.9. The maximum Gasteiger partial charge on any atom is 0.232 e. The van der Waals surface area contributed by atoms with Crippen LogP contribution in [0, 0.1) is 0 Å². The van der Waals surface area contributed by atoms with Crippen molar-refractivity contribution in [3.8, 4) is 0 Å². The first-order valence-electron chi connectivity index (χ1n) is 7.38. The topological polar surface area (TPSA) is 77.4 Å². The second kappa shape index (κ2) is 5.78. The molecule has 0 bridgehead atoms. The van der Waals surface area contributed by atoms with Gasteiger partial charge in [-0.05, 0) is 25.7 Å². The molecule has 0 aromatic carbocycles. The number of rotatable bonds is 4.